The first-order chi connectivity index (χ1) is 9.22. The van der Waals surface area contributed by atoms with Gasteiger partial charge in [-0.15, -0.1) is 0 Å². The van der Waals surface area contributed by atoms with Crippen LogP contribution in [0.1, 0.15) is 12.2 Å². The molecule has 0 spiro atoms. The van der Waals surface area contributed by atoms with E-state index in [2.05, 4.69) is 0 Å². The van der Waals surface area contributed by atoms with Crippen molar-refractivity contribution in [3.8, 4) is 0 Å². The third-order valence-electron chi connectivity index (χ3n) is 2.70. The quantitative estimate of drug-likeness (QED) is 0.899. The Morgan fingerprint density at radius 1 is 1.26 bits per heavy atom. The Kier molecular flexibility index (Phi) is 4.30. The first-order valence-electron chi connectivity index (χ1n) is 5.99. The van der Waals surface area contributed by atoms with Crippen molar-refractivity contribution in [1.29, 1.82) is 0 Å². The first-order valence-corrected chi connectivity index (χ1v) is 5.99. The highest BCUT2D eigenvalue weighted by Crippen LogP contribution is 2.22. The number of hydrogen-bond acceptors (Lipinski definition) is 3. The van der Waals surface area contributed by atoms with Gasteiger partial charge in [0.15, 0.2) is 0 Å². The minimum Gasteiger partial charge on any atom is -0.467 e. The number of nitrogens with zero attached hydrogens (tertiary/aromatic N) is 1. The Morgan fingerprint density at radius 3 is 2.68 bits per heavy atom. The third kappa shape index (κ3) is 3.20. The second kappa shape index (κ2) is 6.15. The lowest BCUT2D eigenvalue weighted by molar-refractivity contribution is -0.118. The molecule has 1 aromatic carbocycles. The number of carbonyl (C=O) groups is 1. The van der Waals surface area contributed by atoms with Gasteiger partial charge in [0.2, 0.25) is 5.91 Å². The highest BCUT2D eigenvalue weighted by atomic mass is 19.1. The van der Waals surface area contributed by atoms with Gasteiger partial charge in [0.1, 0.15) is 11.6 Å². The van der Waals surface area contributed by atoms with Gasteiger partial charge in [-0.2, -0.15) is 0 Å². The summed E-state index contributed by atoms with van der Waals surface area (Å²) >= 11 is 0. The van der Waals surface area contributed by atoms with E-state index in [0.717, 1.165) is 0 Å². The molecule has 0 saturated heterocycles. The van der Waals surface area contributed by atoms with Gasteiger partial charge < -0.3 is 15.1 Å². The second-order valence-corrected chi connectivity index (χ2v) is 4.05. The molecule has 0 aliphatic heterocycles. The molecule has 0 saturated carbocycles. The SMILES string of the molecule is NCCC(=O)N(Cc1ccco1)c1ccccc1F. The fourth-order valence-electron chi connectivity index (χ4n) is 1.80. The summed E-state index contributed by atoms with van der Waals surface area (Å²) in [6.07, 6.45) is 1.68. The molecule has 2 rings (SSSR count). The van der Waals surface area contributed by atoms with Crippen LogP contribution in [-0.2, 0) is 11.3 Å². The average molecular weight is 262 g/mol. The summed E-state index contributed by atoms with van der Waals surface area (Å²) < 4.78 is 19.0. The molecule has 19 heavy (non-hydrogen) atoms. The predicted octanol–water partition coefficient (Wildman–Crippen LogP) is 2.30. The van der Waals surface area contributed by atoms with E-state index in [1.165, 1.54) is 17.2 Å². The summed E-state index contributed by atoms with van der Waals surface area (Å²) in [5.41, 5.74) is 5.63. The number of nitrogens with two attached hydrogens (primary N) is 1. The molecule has 0 aliphatic carbocycles. The van der Waals surface area contributed by atoms with Crippen molar-refractivity contribution in [2.24, 2.45) is 5.73 Å². The van der Waals surface area contributed by atoms with E-state index < -0.39 is 5.82 Å². The number of benzene rings is 1. The standard InChI is InChI=1S/C14H15FN2O2/c15-12-5-1-2-6-13(12)17(14(18)7-8-16)10-11-4-3-9-19-11/h1-6,9H,7-8,10,16H2. The molecule has 0 bridgehead atoms. The topological polar surface area (TPSA) is 59.5 Å². The Morgan fingerprint density at radius 2 is 2.05 bits per heavy atom. The number of furan rings is 1. The Labute approximate surface area is 110 Å². The van der Waals surface area contributed by atoms with Crippen molar-refractivity contribution in [3.05, 3.63) is 54.2 Å². The molecule has 4 nitrogen and oxygen atoms in total. The number of para-hydroxylation sites is 1. The predicted molar refractivity (Wildman–Crippen MR) is 70.0 cm³/mol. The Bertz CT molecular complexity index is 540. The van der Waals surface area contributed by atoms with Crippen LogP contribution in [0.3, 0.4) is 0 Å². The lowest BCUT2D eigenvalue weighted by Gasteiger charge is -2.22. The maximum absolute atomic E-state index is 13.8. The molecule has 0 fully saturated rings. The van der Waals surface area contributed by atoms with E-state index in [4.69, 9.17) is 10.2 Å². The molecular weight excluding hydrogens is 247 g/mol. The zero-order chi connectivity index (χ0) is 13.7. The number of anilines is 1. The molecule has 0 radical (unpaired) electrons. The fraction of sp³-hybridized carbons (Fsp3) is 0.214. The monoisotopic (exact) mass is 262 g/mol. The van der Waals surface area contributed by atoms with Crippen LogP contribution in [0.2, 0.25) is 0 Å². The van der Waals surface area contributed by atoms with Gasteiger partial charge in [-0.3, -0.25) is 4.79 Å². The molecule has 1 heterocycles. The number of hydrogen-bond donors (Lipinski definition) is 1. The molecule has 1 amide bonds. The molecule has 0 aliphatic rings. The number of halogens is 1. The fourth-order valence-corrected chi connectivity index (χ4v) is 1.80. The van der Waals surface area contributed by atoms with Crippen molar-refractivity contribution in [3.63, 3.8) is 0 Å². The van der Waals surface area contributed by atoms with Crippen molar-refractivity contribution >= 4 is 11.6 Å². The maximum atomic E-state index is 13.8. The number of rotatable bonds is 5. The van der Waals surface area contributed by atoms with Crippen molar-refractivity contribution in [1.82, 2.24) is 0 Å². The van der Waals surface area contributed by atoms with Gasteiger partial charge in [-0.05, 0) is 24.3 Å². The highest BCUT2D eigenvalue weighted by Gasteiger charge is 2.19. The van der Waals surface area contributed by atoms with E-state index in [1.54, 1.807) is 30.3 Å². The summed E-state index contributed by atoms with van der Waals surface area (Å²) in [4.78, 5) is 13.4. The van der Waals surface area contributed by atoms with Gasteiger partial charge in [-0.1, -0.05) is 12.1 Å². The van der Waals surface area contributed by atoms with Crippen LogP contribution < -0.4 is 10.6 Å². The molecule has 5 heteroatoms. The number of amides is 1. The molecular formula is C14H15FN2O2. The van der Waals surface area contributed by atoms with Gasteiger partial charge >= 0.3 is 0 Å². The first kappa shape index (κ1) is 13.3. The van der Waals surface area contributed by atoms with E-state index in [-0.39, 0.29) is 31.1 Å². The minimum absolute atomic E-state index is 0.162. The lowest BCUT2D eigenvalue weighted by Crippen LogP contribution is -2.32. The Hall–Kier alpha value is -2.14. The van der Waals surface area contributed by atoms with E-state index >= 15 is 0 Å². The summed E-state index contributed by atoms with van der Waals surface area (Å²) in [6.45, 7) is 0.411. The zero-order valence-electron chi connectivity index (χ0n) is 10.4. The van der Waals surface area contributed by atoms with Gasteiger partial charge in [0.05, 0.1) is 18.5 Å². The van der Waals surface area contributed by atoms with Crippen molar-refractivity contribution in [2.45, 2.75) is 13.0 Å². The van der Waals surface area contributed by atoms with Crippen LogP contribution in [-0.4, -0.2) is 12.5 Å². The second-order valence-electron chi connectivity index (χ2n) is 4.05. The molecule has 0 unspecified atom stereocenters. The molecule has 100 valence electrons. The molecule has 0 atom stereocenters. The summed E-state index contributed by atoms with van der Waals surface area (Å²) in [6, 6.07) is 9.61. The maximum Gasteiger partial charge on any atom is 0.228 e. The average Bonchev–Trinajstić information content (AvgIpc) is 2.90. The van der Waals surface area contributed by atoms with Gasteiger partial charge in [0, 0.05) is 13.0 Å². The number of carbonyl (C=O) groups excluding carboxylic acids is 1. The summed E-state index contributed by atoms with van der Waals surface area (Å²) in [5.74, 6) is -0.0861. The largest absolute Gasteiger partial charge is 0.467 e. The van der Waals surface area contributed by atoms with E-state index in [1.807, 2.05) is 0 Å². The van der Waals surface area contributed by atoms with Crippen LogP contribution in [0.25, 0.3) is 0 Å². The van der Waals surface area contributed by atoms with Crippen molar-refractivity contribution < 1.29 is 13.6 Å². The van der Waals surface area contributed by atoms with Crippen molar-refractivity contribution in [2.75, 3.05) is 11.4 Å². The highest BCUT2D eigenvalue weighted by molar-refractivity contribution is 5.93. The van der Waals surface area contributed by atoms with E-state index in [9.17, 15) is 9.18 Å². The smallest absolute Gasteiger partial charge is 0.228 e. The van der Waals surface area contributed by atoms with Crippen LogP contribution in [0.15, 0.2) is 47.1 Å². The van der Waals surface area contributed by atoms with Crippen LogP contribution in [0.5, 0.6) is 0 Å². The van der Waals surface area contributed by atoms with Crippen LogP contribution in [0.4, 0.5) is 10.1 Å². The van der Waals surface area contributed by atoms with E-state index in [0.29, 0.717) is 5.76 Å². The zero-order valence-corrected chi connectivity index (χ0v) is 10.4. The lowest BCUT2D eigenvalue weighted by atomic mass is 10.2. The molecule has 1 aromatic heterocycles. The summed E-state index contributed by atoms with van der Waals surface area (Å²) in [7, 11) is 0. The normalized spacial score (nSPS) is 10.4. The van der Waals surface area contributed by atoms with Gasteiger partial charge in [-0.25, -0.2) is 4.39 Å². The van der Waals surface area contributed by atoms with Crippen LogP contribution >= 0.6 is 0 Å². The third-order valence-corrected chi connectivity index (χ3v) is 2.70. The summed E-state index contributed by atoms with van der Waals surface area (Å²) in [5, 5.41) is 0. The van der Waals surface area contributed by atoms with Gasteiger partial charge in [0.25, 0.3) is 0 Å². The van der Waals surface area contributed by atoms with Crippen LogP contribution in [0, 0.1) is 5.82 Å². The molecule has 2 aromatic rings. The molecule has 2 N–H and O–H groups in total. The Balaban J connectivity index is 2.29. The minimum atomic E-state index is -0.445.